The van der Waals surface area contributed by atoms with Crippen LogP contribution < -0.4 is 10.2 Å². The van der Waals surface area contributed by atoms with E-state index in [2.05, 4.69) is 23.3 Å². The molecule has 0 spiro atoms. The Balaban J connectivity index is 2.04. The van der Waals surface area contributed by atoms with Crippen LogP contribution in [0, 0.1) is 0 Å². The molecule has 0 bridgehead atoms. The summed E-state index contributed by atoms with van der Waals surface area (Å²) >= 11 is 5.97. The van der Waals surface area contributed by atoms with Crippen LogP contribution in [0.2, 0.25) is 5.02 Å². The van der Waals surface area contributed by atoms with Crippen molar-refractivity contribution in [2.24, 2.45) is 0 Å². The van der Waals surface area contributed by atoms with Crippen molar-refractivity contribution in [2.75, 3.05) is 17.3 Å². The van der Waals surface area contributed by atoms with Gasteiger partial charge in [-0.3, -0.25) is 4.79 Å². The van der Waals surface area contributed by atoms with Crippen LogP contribution in [0.1, 0.15) is 29.4 Å². The lowest BCUT2D eigenvalue weighted by atomic mass is 10.1. The summed E-state index contributed by atoms with van der Waals surface area (Å²) in [5.41, 5.74) is 3.25. The van der Waals surface area contributed by atoms with Gasteiger partial charge in [0.1, 0.15) is 0 Å². The number of para-hydroxylation sites is 1. The van der Waals surface area contributed by atoms with Crippen molar-refractivity contribution in [1.82, 2.24) is 4.98 Å². The SMILES string of the molecule is CCC1Cc2ccccc2N1C(=O)c1ncc(Cl)cc1NC. The normalized spacial score (nSPS) is 16.5. The van der Waals surface area contributed by atoms with Crippen LogP contribution in [0.15, 0.2) is 36.5 Å². The number of hydrogen-bond acceptors (Lipinski definition) is 3. The fourth-order valence-electron chi connectivity index (χ4n) is 2.98. The van der Waals surface area contributed by atoms with Gasteiger partial charge in [0.2, 0.25) is 0 Å². The van der Waals surface area contributed by atoms with Gasteiger partial charge < -0.3 is 10.2 Å². The van der Waals surface area contributed by atoms with Crippen LogP contribution in [0.3, 0.4) is 0 Å². The van der Waals surface area contributed by atoms with Crippen molar-refractivity contribution in [3.63, 3.8) is 0 Å². The molecule has 2 heterocycles. The molecule has 1 N–H and O–H groups in total. The molecular formula is C17H18ClN3O. The van der Waals surface area contributed by atoms with E-state index in [1.807, 2.05) is 23.1 Å². The number of amides is 1. The molecule has 4 nitrogen and oxygen atoms in total. The molecule has 0 fully saturated rings. The van der Waals surface area contributed by atoms with E-state index >= 15 is 0 Å². The van der Waals surface area contributed by atoms with Crippen molar-refractivity contribution in [3.8, 4) is 0 Å². The van der Waals surface area contributed by atoms with Crippen molar-refractivity contribution < 1.29 is 4.79 Å². The van der Waals surface area contributed by atoms with Gasteiger partial charge in [-0.15, -0.1) is 0 Å². The van der Waals surface area contributed by atoms with E-state index in [-0.39, 0.29) is 11.9 Å². The predicted molar refractivity (Wildman–Crippen MR) is 89.8 cm³/mol. The monoisotopic (exact) mass is 315 g/mol. The predicted octanol–water partition coefficient (Wildman–Crippen LogP) is 3.76. The number of pyridine rings is 1. The maximum atomic E-state index is 13.1. The van der Waals surface area contributed by atoms with E-state index in [0.29, 0.717) is 16.4 Å². The molecule has 2 aromatic rings. The first-order valence-corrected chi connectivity index (χ1v) is 7.78. The maximum Gasteiger partial charge on any atom is 0.279 e. The van der Waals surface area contributed by atoms with Gasteiger partial charge in [-0.2, -0.15) is 0 Å². The third-order valence-corrected chi connectivity index (χ3v) is 4.29. The molecule has 1 atom stereocenters. The third-order valence-electron chi connectivity index (χ3n) is 4.09. The fraction of sp³-hybridized carbons (Fsp3) is 0.294. The Labute approximate surface area is 135 Å². The number of fused-ring (bicyclic) bond motifs is 1. The fourth-order valence-corrected chi connectivity index (χ4v) is 3.13. The number of nitrogens with one attached hydrogen (secondary N) is 1. The number of hydrogen-bond donors (Lipinski definition) is 1. The van der Waals surface area contributed by atoms with Gasteiger partial charge in [-0.05, 0) is 30.5 Å². The van der Waals surface area contributed by atoms with Gasteiger partial charge >= 0.3 is 0 Å². The van der Waals surface area contributed by atoms with Gasteiger partial charge in [0, 0.05) is 25.0 Å². The zero-order valence-corrected chi connectivity index (χ0v) is 13.4. The minimum Gasteiger partial charge on any atom is -0.386 e. The first-order chi connectivity index (χ1) is 10.7. The molecule has 1 unspecified atom stereocenters. The molecule has 114 valence electrons. The molecular weight excluding hydrogens is 298 g/mol. The largest absolute Gasteiger partial charge is 0.386 e. The molecule has 1 aromatic heterocycles. The number of carbonyl (C=O) groups is 1. The number of nitrogens with zero attached hydrogens (tertiary/aromatic N) is 2. The highest BCUT2D eigenvalue weighted by Gasteiger charge is 2.34. The Morgan fingerprint density at radius 3 is 2.95 bits per heavy atom. The van der Waals surface area contributed by atoms with Gasteiger partial charge in [0.25, 0.3) is 5.91 Å². The smallest absolute Gasteiger partial charge is 0.279 e. The van der Waals surface area contributed by atoms with Crippen molar-refractivity contribution in [2.45, 2.75) is 25.8 Å². The molecule has 1 aliphatic heterocycles. The van der Waals surface area contributed by atoms with Gasteiger partial charge in [0.15, 0.2) is 5.69 Å². The Kier molecular flexibility index (Phi) is 4.03. The Hall–Kier alpha value is -2.07. The van der Waals surface area contributed by atoms with Crippen LogP contribution in [0.25, 0.3) is 0 Å². The first kappa shape index (κ1) is 14.9. The van der Waals surface area contributed by atoms with E-state index < -0.39 is 0 Å². The quantitative estimate of drug-likeness (QED) is 0.938. The Bertz CT molecular complexity index is 717. The highest BCUT2D eigenvalue weighted by atomic mass is 35.5. The van der Waals surface area contributed by atoms with E-state index in [1.54, 1.807) is 13.1 Å². The lowest BCUT2D eigenvalue weighted by Gasteiger charge is -2.25. The molecule has 0 saturated carbocycles. The van der Waals surface area contributed by atoms with E-state index in [0.717, 1.165) is 18.5 Å². The molecule has 0 saturated heterocycles. The summed E-state index contributed by atoms with van der Waals surface area (Å²) < 4.78 is 0. The van der Waals surface area contributed by atoms with E-state index in [9.17, 15) is 4.79 Å². The number of aromatic nitrogens is 1. The summed E-state index contributed by atoms with van der Waals surface area (Å²) in [7, 11) is 1.76. The van der Waals surface area contributed by atoms with Crippen molar-refractivity contribution in [3.05, 3.63) is 52.8 Å². The summed E-state index contributed by atoms with van der Waals surface area (Å²) in [5, 5.41) is 3.51. The number of benzene rings is 1. The molecule has 3 rings (SSSR count). The lowest BCUT2D eigenvalue weighted by molar-refractivity contribution is 0.0975. The average Bonchev–Trinajstić information content (AvgIpc) is 2.92. The zero-order chi connectivity index (χ0) is 15.7. The Morgan fingerprint density at radius 2 is 2.23 bits per heavy atom. The van der Waals surface area contributed by atoms with Crippen LogP contribution >= 0.6 is 11.6 Å². The van der Waals surface area contributed by atoms with Crippen LogP contribution in [-0.4, -0.2) is 24.0 Å². The van der Waals surface area contributed by atoms with Crippen LogP contribution in [0.5, 0.6) is 0 Å². The second kappa shape index (κ2) is 5.97. The maximum absolute atomic E-state index is 13.1. The third kappa shape index (κ3) is 2.44. The standard InChI is InChI=1S/C17H18ClN3O/c1-3-13-8-11-6-4-5-7-15(11)21(13)17(22)16-14(19-2)9-12(18)10-20-16/h4-7,9-10,13,19H,3,8H2,1-2H3. The van der Waals surface area contributed by atoms with Crippen molar-refractivity contribution >= 4 is 28.9 Å². The average molecular weight is 316 g/mol. The van der Waals surface area contributed by atoms with Gasteiger partial charge in [-0.1, -0.05) is 36.7 Å². The van der Waals surface area contributed by atoms with E-state index in [1.165, 1.54) is 11.8 Å². The van der Waals surface area contributed by atoms with E-state index in [4.69, 9.17) is 11.6 Å². The Morgan fingerprint density at radius 1 is 1.45 bits per heavy atom. The van der Waals surface area contributed by atoms with Gasteiger partial charge in [0.05, 0.1) is 10.7 Å². The second-order valence-electron chi connectivity index (χ2n) is 5.37. The minimum atomic E-state index is -0.0854. The molecule has 0 aliphatic carbocycles. The molecule has 1 aromatic carbocycles. The summed E-state index contributed by atoms with van der Waals surface area (Å²) in [6.07, 6.45) is 3.31. The lowest BCUT2D eigenvalue weighted by Crippen LogP contribution is -2.38. The van der Waals surface area contributed by atoms with Crippen LogP contribution in [-0.2, 0) is 6.42 Å². The summed E-state index contributed by atoms with van der Waals surface area (Å²) in [6.45, 7) is 2.10. The number of carbonyl (C=O) groups excluding carboxylic acids is 1. The summed E-state index contributed by atoms with van der Waals surface area (Å²) in [6, 6.07) is 9.96. The summed E-state index contributed by atoms with van der Waals surface area (Å²) in [4.78, 5) is 19.2. The number of anilines is 2. The first-order valence-electron chi connectivity index (χ1n) is 7.40. The zero-order valence-electron chi connectivity index (χ0n) is 12.6. The molecule has 5 heteroatoms. The highest BCUT2D eigenvalue weighted by Crippen LogP contribution is 2.35. The highest BCUT2D eigenvalue weighted by molar-refractivity contribution is 6.31. The molecule has 1 amide bonds. The summed E-state index contributed by atoms with van der Waals surface area (Å²) in [5.74, 6) is -0.0854. The van der Waals surface area contributed by atoms with Gasteiger partial charge in [-0.25, -0.2) is 4.98 Å². The molecule has 0 radical (unpaired) electrons. The number of rotatable bonds is 3. The second-order valence-corrected chi connectivity index (χ2v) is 5.81. The minimum absolute atomic E-state index is 0.0854. The molecule has 22 heavy (non-hydrogen) atoms. The number of halogens is 1. The van der Waals surface area contributed by atoms with Crippen LogP contribution in [0.4, 0.5) is 11.4 Å². The topological polar surface area (TPSA) is 45.2 Å². The molecule has 1 aliphatic rings. The van der Waals surface area contributed by atoms with Crippen molar-refractivity contribution in [1.29, 1.82) is 0 Å².